The van der Waals surface area contributed by atoms with Gasteiger partial charge in [0.2, 0.25) is 5.91 Å². The van der Waals surface area contributed by atoms with Crippen LogP contribution in [0.4, 0.5) is 0 Å². The second-order valence-corrected chi connectivity index (χ2v) is 6.79. The number of hydrogen-bond donors (Lipinski definition) is 1. The fourth-order valence-electron chi connectivity index (χ4n) is 2.61. The highest BCUT2D eigenvalue weighted by molar-refractivity contribution is 7.08. The molecule has 0 fully saturated rings. The molecular weight excluding hydrogens is 338 g/mol. The van der Waals surface area contributed by atoms with Gasteiger partial charge in [0.1, 0.15) is 0 Å². The summed E-state index contributed by atoms with van der Waals surface area (Å²) in [4.78, 5) is 12.1. The van der Waals surface area contributed by atoms with E-state index in [1.165, 1.54) is 11.1 Å². The van der Waals surface area contributed by atoms with Crippen LogP contribution in [0.15, 0.2) is 65.4 Å². The predicted octanol–water partition coefficient (Wildman–Crippen LogP) is 5.32. The lowest BCUT2D eigenvalue weighted by Crippen LogP contribution is -2.23. The van der Waals surface area contributed by atoms with Crippen molar-refractivity contribution in [3.8, 4) is 11.1 Å². The van der Waals surface area contributed by atoms with E-state index in [0.717, 1.165) is 11.1 Å². The second-order valence-electron chi connectivity index (χ2n) is 5.58. The van der Waals surface area contributed by atoms with Gasteiger partial charge in [0, 0.05) is 18.0 Å². The maximum Gasteiger partial charge on any atom is 0.220 e. The van der Waals surface area contributed by atoms with Gasteiger partial charge in [-0.2, -0.15) is 11.3 Å². The van der Waals surface area contributed by atoms with Crippen LogP contribution in [0, 0.1) is 0 Å². The number of carbonyl (C=O) groups excluding carboxylic acids is 1. The van der Waals surface area contributed by atoms with E-state index in [9.17, 15) is 4.79 Å². The highest BCUT2D eigenvalue weighted by Crippen LogP contribution is 2.25. The van der Waals surface area contributed by atoms with Crippen molar-refractivity contribution >= 4 is 28.8 Å². The Balaban J connectivity index is 1.57. The maximum absolute atomic E-state index is 12.1. The summed E-state index contributed by atoms with van der Waals surface area (Å²) in [5.41, 5.74) is 4.58. The van der Waals surface area contributed by atoms with Crippen molar-refractivity contribution in [3.63, 3.8) is 0 Å². The summed E-state index contributed by atoms with van der Waals surface area (Å²) in [5, 5.41) is 7.91. The average molecular weight is 356 g/mol. The summed E-state index contributed by atoms with van der Waals surface area (Å²) in [7, 11) is 0. The smallest absolute Gasteiger partial charge is 0.220 e. The molecule has 3 aromatic rings. The lowest BCUT2D eigenvalue weighted by molar-refractivity contribution is -0.121. The fraction of sp³-hybridized carbons (Fsp3) is 0.150. The minimum atomic E-state index is 0.0510. The van der Waals surface area contributed by atoms with Gasteiger partial charge in [0.05, 0.1) is 0 Å². The normalized spacial score (nSPS) is 10.5. The zero-order chi connectivity index (χ0) is 16.8. The number of thiophene rings is 1. The number of amides is 1. The highest BCUT2D eigenvalue weighted by atomic mass is 35.5. The highest BCUT2D eigenvalue weighted by Gasteiger charge is 2.07. The number of aryl methyl sites for hydroxylation is 1. The first-order chi connectivity index (χ1) is 11.7. The van der Waals surface area contributed by atoms with Crippen molar-refractivity contribution in [1.29, 1.82) is 0 Å². The first-order valence-electron chi connectivity index (χ1n) is 7.84. The third kappa shape index (κ3) is 4.47. The van der Waals surface area contributed by atoms with Gasteiger partial charge in [-0.1, -0.05) is 48.0 Å². The molecule has 1 heterocycles. The molecule has 122 valence electrons. The standard InChI is InChI=1S/C20H18ClNOS/c21-18-6-3-4-15(12-18)8-9-20(23)22-13-16-5-1-2-7-19(16)17-10-11-24-14-17/h1-7,10-12,14H,8-9,13H2,(H,22,23). The molecule has 0 aliphatic carbocycles. The number of benzene rings is 2. The van der Waals surface area contributed by atoms with Crippen molar-refractivity contribution in [2.45, 2.75) is 19.4 Å². The molecule has 2 nitrogen and oxygen atoms in total. The Bertz CT molecular complexity index is 814. The summed E-state index contributed by atoms with van der Waals surface area (Å²) < 4.78 is 0. The van der Waals surface area contributed by atoms with Gasteiger partial charge in [-0.05, 0) is 57.6 Å². The third-order valence-corrected chi connectivity index (χ3v) is 4.77. The SMILES string of the molecule is O=C(CCc1cccc(Cl)c1)NCc1ccccc1-c1ccsc1. The number of nitrogens with one attached hydrogen (secondary N) is 1. The average Bonchev–Trinajstić information content (AvgIpc) is 3.13. The van der Waals surface area contributed by atoms with E-state index in [2.05, 4.69) is 34.3 Å². The first kappa shape index (κ1) is 16.7. The van der Waals surface area contributed by atoms with E-state index < -0.39 is 0 Å². The predicted molar refractivity (Wildman–Crippen MR) is 101 cm³/mol. The van der Waals surface area contributed by atoms with E-state index >= 15 is 0 Å². The van der Waals surface area contributed by atoms with Crippen LogP contribution in [0.1, 0.15) is 17.5 Å². The molecule has 24 heavy (non-hydrogen) atoms. The van der Waals surface area contributed by atoms with E-state index in [1.807, 2.05) is 36.4 Å². The van der Waals surface area contributed by atoms with Crippen LogP contribution in [0.25, 0.3) is 11.1 Å². The van der Waals surface area contributed by atoms with Crippen LogP contribution in [0.2, 0.25) is 5.02 Å². The Morgan fingerprint density at radius 2 is 1.96 bits per heavy atom. The Morgan fingerprint density at radius 3 is 2.75 bits per heavy atom. The summed E-state index contributed by atoms with van der Waals surface area (Å²) >= 11 is 7.64. The van der Waals surface area contributed by atoms with Crippen molar-refractivity contribution in [1.82, 2.24) is 5.32 Å². The van der Waals surface area contributed by atoms with Gasteiger partial charge in [-0.3, -0.25) is 4.79 Å². The summed E-state index contributed by atoms with van der Waals surface area (Å²) in [5.74, 6) is 0.0510. The van der Waals surface area contributed by atoms with E-state index in [1.54, 1.807) is 11.3 Å². The third-order valence-electron chi connectivity index (χ3n) is 3.86. The van der Waals surface area contributed by atoms with Crippen molar-refractivity contribution in [2.24, 2.45) is 0 Å². The molecule has 0 spiro atoms. The molecule has 0 saturated heterocycles. The van der Waals surface area contributed by atoms with Gasteiger partial charge in [0.15, 0.2) is 0 Å². The van der Waals surface area contributed by atoms with Gasteiger partial charge in [0.25, 0.3) is 0 Å². The largest absolute Gasteiger partial charge is 0.352 e. The minimum Gasteiger partial charge on any atom is -0.352 e. The first-order valence-corrected chi connectivity index (χ1v) is 9.16. The fourth-order valence-corrected chi connectivity index (χ4v) is 3.48. The second kappa shape index (κ2) is 8.13. The Hall–Kier alpha value is -2.10. The molecule has 0 unspecified atom stereocenters. The lowest BCUT2D eigenvalue weighted by atomic mass is 10.0. The molecule has 0 aliphatic heterocycles. The van der Waals surface area contributed by atoms with Crippen LogP contribution < -0.4 is 5.32 Å². The molecule has 3 rings (SSSR count). The molecule has 4 heteroatoms. The van der Waals surface area contributed by atoms with Crippen molar-refractivity contribution < 1.29 is 4.79 Å². The topological polar surface area (TPSA) is 29.1 Å². The van der Waals surface area contributed by atoms with Crippen LogP contribution in [0.5, 0.6) is 0 Å². The Kier molecular flexibility index (Phi) is 5.68. The molecule has 0 atom stereocenters. The van der Waals surface area contributed by atoms with Crippen LogP contribution in [0.3, 0.4) is 0 Å². The molecule has 1 aromatic heterocycles. The van der Waals surface area contributed by atoms with E-state index in [4.69, 9.17) is 11.6 Å². The molecule has 1 N–H and O–H groups in total. The number of carbonyl (C=O) groups is 1. The minimum absolute atomic E-state index is 0.0510. The molecule has 0 bridgehead atoms. The van der Waals surface area contributed by atoms with E-state index in [0.29, 0.717) is 24.4 Å². The number of rotatable bonds is 6. The zero-order valence-corrected chi connectivity index (χ0v) is 14.7. The molecule has 0 radical (unpaired) electrons. The maximum atomic E-state index is 12.1. The molecule has 0 aliphatic rings. The van der Waals surface area contributed by atoms with Gasteiger partial charge in [-0.25, -0.2) is 0 Å². The summed E-state index contributed by atoms with van der Waals surface area (Å²) in [6, 6.07) is 17.9. The summed E-state index contributed by atoms with van der Waals surface area (Å²) in [6.45, 7) is 0.542. The van der Waals surface area contributed by atoms with Gasteiger partial charge in [-0.15, -0.1) is 0 Å². The van der Waals surface area contributed by atoms with Gasteiger partial charge >= 0.3 is 0 Å². The molecule has 2 aromatic carbocycles. The van der Waals surface area contributed by atoms with Crippen molar-refractivity contribution in [2.75, 3.05) is 0 Å². The monoisotopic (exact) mass is 355 g/mol. The van der Waals surface area contributed by atoms with Crippen LogP contribution in [-0.2, 0) is 17.8 Å². The van der Waals surface area contributed by atoms with Crippen LogP contribution in [-0.4, -0.2) is 5.91 Å². The zero-order valence-electron chi connectivity index (χ0n) is 13.2. The Morgan fingerprint density at radius 1 is 1.08 bits per heavy atom. The lowest BCUT2D eigenvalue weighted by Gasteiger charge is -2.10. The van der Waals surface area contributed by atoms with Gasteiger partial charge < -0.3 is 5.32 Å². The van der Waals surface area contributed by atoms with Crippen LogP contribution >= 0.6 is 22.9 Å². The quantitative estimate of drug-likeness (QED) is 0.637. The van der Waals surface area contributed by atoms with E-state index in [-0.39, 0.29) is 5.91 Å². The Labute approximate surface area is 151 Å². The summed E-state index contributed by atoms with van der Waals surface area (Å²) in [6.07, 6.45) is 1.15. The molecule has 0 saturated carbocycles. The molecular formula is C20H18ClNOS. The van der Waals surface area contributed by atoms with Crippen molar-refractivity contribution in [3.05, 3.63) is 81.5 Å². The number of hydrogen-bond acceptors (Lipinski definition) is 2. The molecule has 1 amide bonds. The number of halogens is 1.